The maximum Gasteiger partial charge on any atom is 0.262 e. The molecule has 2 heterocycles. The Labute approximate surface area is 129 Å². The van der Waals surface area contributed by atoms with Crippen LogP contribution in [0.2, 0.25) is 5.22 Å². The number of furan rings is 1. The van der Waals surface area contributed by atoms with E-state index < -0.39 is 0 Å². The normalized spacial score (nSPS) is 10.8. The van der Waals surface area contributed by atoms with Gasteiger partial charge >= 0.3 is 0 Å². The molecule has 0 bridgehead atoms. The highest BCUT2D eigenvalue weighted by atomic mass is 35.5. The number of amides is 1. The zero-order valence-corrected chi connectivity index (χ0v) is 12.6. The fraction of sp³-hybridized carbons (Fsp3) is 0.143. The molecule has 0 radical (unpaired) electrons. The van der Waals surface area contributed by atoms with Gasteiger partial charge in [0.2, 0.25) is 5.22 Å². The molecule has 0 fully saturated rings. The molecule has 1 aromatic carbocycles. The van der Waals surface area contributed by atoms with Gasteiger partial charge in [0.25, 0.3) is 5.91 Å². The Balaban J connectivity index is 1.84. The minimum atomic E-state index is -0.349. The van der Waals surface area contributed by atoms with Gasteiger partial charge in [-0.2, -0.15) is 0 Å². The molecule has 0 aliphatic rings. The lowest BCUT2D eigenvalue weighted by atomic mass is 10.3. The molecule has 0 spiro atoms. The Bertz CT molecular complexity index is 796. The van der Waals surface area contributed by atoms with Crippen molar-refractivity contribution in [1.82, 2.24) is 4.98 Å². The lowest BCUT2D eigenvalue weighted by Gasteiger charge is -2.00. The van der Waals surface area contributed by atoms with E-state index in [1.807, 2.05) is 25.1 Å². The maximum absolute atomic E-state index is 12.0. The third kappa shape index (κ3) is 2.86. The van der Waals surface area contributed by atoms with Crippen molar-refractivity contribution in [2.45, 2.75) is 6.92 Å². The zero-order valence-electron chi connectivity index (χ0n) is 11.1. The summed E-state index contributed by atoms with van der Waals surface area (Å²) in [6.45, 7) is 2.53. The van der Waals surface area contributed by atoms with Gasteiger partial charge in [0, 0.05) is 0 Å². The van der Waals surface area contributed by atoms with Crippen molar-refractivity contribution < 1.29 is 13.9 Å². The molecule has 0 aliphatic heterocycles. The van der Waals surface area contributed by atoms with E-state index in [0.29, 0.717) is 11.7 Å². The van der Waals surface area contributed by atoms with Crippen molar-refractivity contribution in [3.8, 4) is 5.75 Å². The number of nitrogens with zero attached hydrogens (tertiary/aromatic N) is 1. The van der Waals surface area contributed by atoms with Crippen LogP contribution in [-0.4, -0.2) is 17.5 Å². The minimum absolute atomic E-state index is 0.0623. The Kier molecular flexibility index (Phi) is 3.81. The Hall–Kier alpha value is -2.05. The van der Waals surface area contributed by atoms with Gasteiger partial charge < -0.3 is 9.15 Å². The van der Waals surface area contributed by atoms with Crippen LogP contribution in [0.4, 0.5) is 5.13 Å². The second-order valence-corrected chi connectivity index (χ2v) is 5.52. The summed E-state index contributed by atoms with van der Waals surface area (Å²) in [6.07, 6.45) is 1.37. The molecule has 1 N–H and O–H groups in total. The average molecular weight is 323 g/mol. The summed E-state index contributed by atoms with van der Waals surface area (Å²) in [5, 5.41) is 3.27. The van der Waals surface area contributed by atoms with Gasteiger partial charge in [-0.25, -0.2) is 4.98 Å². The number of thiazole rings is 1. The van der Waals surface area contributed by atoms with Gasteiger partial charge in [0.15, 0.2) is 5.13 Å². The molecule has 0 saturated heterocycles. The van der Waals surface area contributed by atoms with Crippen molar-refractivity contribution >= 4 is 44.2 Å². The third-order valence-electron chi connectivity index (χ3n) is 2.75. The molecule has 2 aromatic heterocycles. The highest BCUT2D eigenvalue weighted by Crippen LogP contribution is 2.30. The van der Waals surface area contributed by atoms with Crippen molar-refractivity contribution in [3.05, 3.63) is 41.3 Å². The number of anilines is 1. The first-order valence-electron chi connectivity index (χ1n) is 6.25. The van der Waals surface area contributed by atoms with Crippen molar-refractivity contribution in [2.24, 2.45) is 0 Å². The number of hydrogen-bond acceptors (Lipinski definition) is 5. The van der Waals surface area contributed by atoms with Gasteiger partial charge in [-0.05, 0) is 42.8 Å². The van der Waals surface area contributed by atoms with E-state index >= 15 is 0 Å². The molecule has 0 saturated carbocycles. The van der Waals surface area contributed by atoms with E-state index in [0.717, 1.165) is 16.0 Å². The van der Waals surface area contributed by atoms with Crippen molar-refractivity contribution in [2.75, 3.05) is 11.9 Å². The van der Waals surface area contributed by atoms with E-state index in [1.165, 1.54) is 23.7 Å². The molecule has 108 valence electrons. The van der Waals surface area contributed by atoms with Gasteiger partial charge in [-0.3, -0.25) is 10.1 Å². The topological polar surface area (TPSA) is 64.4 Å². The van der Waals surface area contributed by atoms with Crippen LogP contribution in [0.15, 0.2) is 34.9 Å². The van der Waals surface area contributed by atoms with Gasteiger partial charge in [0.05, 0.1) is 28.7 Å². The summed E-state index contributed by atoms with van der Waals surface area (Å²) in [5.74, 6) is 0.433. The van der Waals surface area contributed by atoms with Crippen LogP contribution < -0.4 is 10.1 Å². The molecule has 3 aromatic rings. The largest absolute Gasteiger partial charge is 0.494 e. The highest BCUT2D eigenvalue weighted by Gasteiger charge is 2.15. The van der Waals surface area contributed by atoms with Crippen LogP contribution in [-0.2, 0) is 0 Å². The van der Waals surface area contributed by atoms with E-state index in [4.69, 9.17) is 20.8 Å². The van der Waals surface area contributed by atoms with Crippen LogP contribution in [0.5, 0.6) is 5.75 Å². The summed E-state index contributed by atoms with van der Waals surface area (Å²) >= 11 is 7.15. The molecule has 1 amide bonds. The van der Waals surface area contributed by atoms with E-state index in [9.17, 15) is 4.79 Å². The van der Waals surface area contributed by atoms with Crippen molar-refractivity contribution in [1.29, 1.82) is 0 Å². The molecule has 0 unspecified atom stereocenters. The second-order valence-electron chi connectivity index (χ2n) is 4.14. The SMILES string of the molecule is CCOc1ccc2nc(NC(=O)c3ccoc3Cl)sc2c1. The Morgan fingerprint density at radius 2 is 2.33 bits per heavy atom. The van der Waals surface area contributed by atoms with Crippen LogP contribution in [0.25, 0.3) is 10.2 Å². The van der Waals surface area contributed by atoms with Crippen LogP contribution in [0.1, 0.15) is 17.3 Å². The summed E-state index contributed by atoms with van der Waals surface area (Å²) in [6, 6.07) is 7.12. The number of carbonyl (C=O) groups is 1. The first-order chi connectivity index (χ1) is 10.2. The molecule has 0 aliphatic carbocycles. The number of aromatic nitrogens is 1. The lowest BCUT2D eigenvalue weighted by molar-refractivity contribution is 0.102. The Morgan fingerprint density at radius 1 is 1.48 bits per heavy atom. The highest BCUT2D eigenvalue weighted by molar-refractivity contribution is 7.22. The summed E-state index contributed by atoms with van der Waals surface area (Å²) in [5.41, 5.74) is 1.09. The fourth-order valence-corrected chi connectivity index (χ4v) is 2.92. The number of nitrogens with one attached hydrogen (secondary N) is 1. The number of benzene rings is 1. The van der Waals surface area contributed by atoms with E-state index in [1.54, 1.807) is 0 Å². The standard InChI is InChI=1S/C14H11ClN2O3S/c1-2-19-8-3-4-10-11(7-8)21-14(16-10)17-13(18)9-5-6-20-12(9)15/h3-7H,2H2,1H3,(H,16,17,18). The third-order valence-corrected chi connectivity index (χ3v) is 3.98. The molecule has 3 rings (SSSR count). The van der Waals surface area contributed by atoms with Gasteiger partial charge in [-0.1, -0.05) is 11.3 Å². The molecular formula is C14H11ClN2O3S. The van der Waals surface area contributed by atoms with Crippen LogP contribution >= 0.6 is 22.9 Å². The van der Waals surface area contributed by atoms with Crippen LogP contribution in [0, 0.1) is 0 Å². The number of rotatable bonds is 4. The average Bonchev–Trinajstić information content (AvgIpc) is 3.04. The zero-order chi connectivity index (χ0) is 14.8. The quantitative estimate of drug-likeness (QED) is 0.782. The van der Waals surface area contributed by atoms with Gasteiger partial charge in [0.1, 0.15) is 5.75 Å². The maximum atomic E-state index is 12.0. The monoisotopic (exact) mass is 322 g/mol. The van der Waals surface area contributed by atoms with Gasteiger partial charge in [-0.15, -0.1) is 0 Å². The fourth-order valence-electron chi connectivity index (χ4n) is 1.84. The van der Waals surface area contributed by atoms with E-state index in [2.05, 4.69) is 10.3 Å². The smallest absolute Gasteiger partial charge is 0.262 e. The Morgan fingerprint density at radius 3 is 3.05 bits per heavy atom. The van der Waals surface area contributed by atoms with E-state index in [-0.39, 0.29) is 16.7 Å². The summed E-state index contributed by atoms with van der Waals surface area (Å²) in [4.78, 5) is 16.4. The van der Waals surface area contributed by atoms with Crippen molar-refractivity contribution in [3.63, 3.8) is 0 Å². The molecule has 5 nitrogen and oxygen atoms in total. The first kappa shape index (κ1) is 13.9. The molecule has 7 heteroatoms. The number of halogens is 1. The summed E-state index contributed by atoms with van der Waals surface area (Å²) < 4.78 is 11.3. The number of fused-ring (bicyclic) bond motifs is 1. The number of hydrogen-bond donors (Lipinski definition) is 1. The molecule has 0 atom stereocenters. The predicted molar refractivity (Wildman–Crippen MR) is 82.5 cm³/mol. The minimum Gasteiger partial charge on any atom is -0.494 e. The predicted octanol–water partition coefficient (Wildman–Crippen LogP) is 4.19. The molecular weight excluding hydrogens is 312 g/mol. The summed E-state index contributed by atoms with van der Waals surface area (Å²) in [7, 11) is 0. The lowest BCUT2D eigenvalue weighted by Crippen LogP contribution is -2.10. The van der Waals surface area contributed by atoms with Crippen LogP contribution in [0.3, 0.4) is 0 Å². The second kappa shape index (κ2) is 5.75. The number of ether oxygens (including phenoxy) is 1. The first-order valence-corrected chi connectivity index (χ1v) is 7.44. The molecule has 21 heavy (non-hydrogen) atoms. The number of carbonyl (C=O) groups excluding carboxylic acids is 1.